The van der Waals surface area contributed by atoms with E-state index in [0.717, 1.165) is 47.8 Å². The number of nitrogens with zero attached hydrogens (tertiary/aromatic N) is 3. The maximum Gasteiger partial charge on any atom is 0.173 e. The predicted molar refractivity (Wildman–Crippen MR) is 193 cm³/mol. The molecule has 3 heterocycles. The molecule has 9 rings (SSSR count). The first kappa shape index (κ1) is 27.4. The van der Waals surface area contributed by atoms with Gasteiger partial charge < -0.3 is 4.57 Å². The van der Waals surface area contributed by atoms with Crippen molar-refractivity contribution in [2.45, 2.75) is 9.79 Å². The molecule has 4 nitrogen and oxygen atoms in total. The molecule has 8 aromatic rings. The molecule has 0 bridgehead atoms. The number of thiophene rings is 1. The zero-order valence-electron chi connectivity index (χ0n) is 24.4. The number of aromatic nitrogens is 3. The molecule has 0 N–H and O–H groups in total. The summed E-state index contributed by atoms with van der Waals surface area (Å²) in [7, 11) is -3.28. The van der Waals surface area contributed by atoms with Crippen LogP contribution in [0.5, 0.6) is 0 Å². The lowest BCUT2D eigenvalue weighted by Crippen LogP contribution is -2.30. The molecular formula is C39H24N3OPS2. The first-order chi connectivity index (χ1) is 22.6. The summed E-state index contributed by atoms with van der Waals surface area (Å²) in [5.41, 5.74) is 2.62. The smallest absolute Gasteiger partial charge is 0.173 e. The molecule has 46 heavy (non-hydrogen) atoms. The first-order valence-electron chi connectivity index (χ1n) is 15.0. The molecule has 0 spiro atoms. The molecule has 0 saturated heterocycles. The van der Waals surface area contributed by atoms with E-state index in [0.29, 0.717) is 17.5 Å². The van der Waals surface area contributed by atoms with E-state index in [1.165, 1.54) is 14.8 Å². The SMILES string of the molecule is O=P1(c2ccccc2)c2cc(-c3nc(-c4ccccc4)nc(-c4ccccc4)n3)ccc2Sc2cc3sc4ccccc4c3cc21. The summed E-state index contributed by atoms with van der Waals surface area (Å²) in [6, 6.07) is 48.9. The average Bonchev–Trinajstić information content (AvgIpc) is 3.49. The second kappa shape index (κ2) is 10.9. The van der Waals surface area contributed by atoms with Gasteiger partial charge in [0.15, 0.2) is 24.6 Å². The van der Waals surface area contributed by atoms with Gasteiger partial charge in [-0.25, -0.2) is 15.0 Å². The molecule has 2 aromatic heterocycles. The monoisotopic (exact) mass is 645 g/mol. The minimum atomic E-state index is -3.28. The van der Waals surface area contributed by atoms with E-state index in [-0.39, 0.29) is 0 Å². The molecule has 1 aliphatic rings. The van der Waals surface area contributed by atoms with Gasteiger partial charge in [0.05, 0.1) is 0 Å². The van der Waals surface area contributed by atoms with Crippen LogP contribution in [0.15, 0.2) is 155 Å². The summed E-state index contributed by atoms with van der Waals surface area (Å²) >= 11 is 3.47. The topological polar surface area (TPSA) is 55.7 Å². The molecule has 1 atom stereocenters. The fourth-order valence-corrected chi connectivity index (χ4v) is 12.1. The molecule has 0 amide bonds. The third-order valence-electron chi connectivity index (χ3n) is 8.39. The van der Waals surface area contributed by atoms with Gasteiger partial charge in [0.25, 0.3) is 0 Å². The summed E-state index contributed by atoms with van der Waals surface area (Å²) in [6.07, 6.45) is 0. The molecule has 0 aliphatic carbocycles. The van der Waals surface area contributed by atoms with Crippen LogP contribution in [0.2, 0.25) is 0 Å². The third kappa shape index (κ3) is 4.45. The minimum Gasteiger partial charge on any atom is -0.309 e. The Morgan fingerprint density at radius 3 is 1.70 bits per heavy atom. The van der Waals surface area contributed by atoms with Crippen LogP contribution in [0, 0.1) is 0 Å². The molecule has 1 aliphatic heterocycles. The van der Waals surface area contributed by atoms with Gasteiger partial charge in [-0.2, -0.15) is 0 Å². The Balaban J connectivity index is 1.27. The van der Waals surface area contributed by atoms with Crippen molar-refractivity contribution in [3.8, 4) is 34.2 Å². The van der Waals surface area contributed by atoms with Crippen LogP contribution in [0.3, 0.4) is 0 Å². The highest BCUT2D eigenvalue weighted by Gasteiger charge is 2.39. The lowest BCUT2D eigenvalue weighted by atomic mass is 10.1. The van der Waals surface area contributed by atoms with Crippen LogP contribution in [0.4, 0.5) is 0 Å². The molecule has 7 heteroatoms. The second-order valence-electron chi connectivity index (χ2n) is 11.2. The van der Waals surface area contributed by atoms with Gasteiger partial charge in [0, 0.05) is 62.6 Å². The Morgan fingerprint density at radius 2 is 1.02 bits per heavy atom. The molecule has 0 radical (unpaired) electrons. The number of benzene rings is 6. The van der Waals surface area contributed by atoms with Crippen LogP contribution in [-0.4, -0.2) is 15.0 Å². The van der Waals surface area contributed by atoms with Crippen molar-refractivity contribution in [2.24, 2.45) is 0 Å². The van der Waals surface area contributed by atoms with Crippen molar-refractivity contribution >= 4 is 66.3 Å². The van der Waals surface area contributed by atoms with E-state index in [1.54, 1.807) is 23.1 Å². The van der Waals surface area contributed by atoms with Crippen molar-refractivity contribution in [3.63, 3.8) is 0 Å². The zero-order chi connectivity index (χ0) is 30.7. The number of rotatable bonds is 4. The lowest BCUT2D eigenvalue weighted by Gasteiger charge is -2.29. The highest BCUT2D eigenvalue weighted by molar-refractivity contribution is 8.02. The minimum absolute atomic E-state index is 0.546. The zero-order valence-corrected chi connectivity index (χ0v) is 26.9. The maximum atomic E-state index is 15.9. The normalized spacial score (nSPS) is 15.5. The van der Waals surface area contributed by atoms with Gasteiger partial charge in [-0.05, 0) is 30.3 Å². The Bertz CT molecular complexity index is 2420. The Morgan fingerprint density at radius 1 is 0.457 bits per heavy atom. The van der Waals surface area contributed by atoms with Gasteiger partial charge in [-0.3, -0.25) is 0 Å². The third-order valence-corrected chi connectivity index (χ3v) is 14.1. The molecule has 0 saturated carbocycles. The number of hydrogen-bond donors (Lipinski definition) is 0. The predicted octanol–water partition coefficient (Wildman–Crippen LogP) is 9.34. The van der Waals surface area contributed by atoms with Gasteiger partial charge in [0.2, 0.25) is 0 Å². The van der Waals surface area contributed by atoms with Crippen molar-refractivity contribution in [1.29, 1.82) is 0 Å². The Kier molecular flexibility index (Phi) is 6.49. The van der Waals surface area contributed by atoms with Crippen LogP contribution in [0.25, 0.3) is 54.3 Å². The summed E-state index contributed by atoms with van der Waals surface area (Å²) in [6.45, 7) is 0. The molecule has 6 aromatic carbocycles. The highest BCUT2D eigenvalue weighted by atomic mass is 32.2. The first-order valence-corrected chi connectivity index (χ1v) is 18.3. The summed E-state index contributed by atoms with van der Waals surface area (Å²) in [5.74, 6) is 1.74. The molecular weight excluding hydrogens is 622 g/mol. The summed E-state index contributed by atoms with van der Waals surface area (Å²) in [4.78, 5) is 16.8. The quantitative estimate of drug-likeness (QED) is 0.179. The van der Waals surface area contributed by atoms with Gasteiger partial charge in [-0.15, -0.1) is 11.3 Å². The van der Waals surface area contributed by atoms with E-state index in [9.17, 15) is 0 Å². The summed E-state index contributed by atoms with van der Waals surface area (Å²) < 4.78 is 18.3. The van der Waals surface area contributed by atoms with Crippen molar-refractivity contribution < 1.29 is 4.57 Å². The van der Waals surface area contributed by atoms with Crippen molar-refractivity contribution in [2.75, 3.05) is 0 Å². The van der Waals surface area contributed by atoms with E-state index in [1.807, 2.05) is 103 Å². The van der Waals surface area contributed by atoms with Gasteiger partial charge in [0.1, 0.15) is 0 Å². The Labute approximate surface area is 274 Å². The van der Waals surface area contributed by atoms with Gasteiger partial charge in [-0.1, -0.05) is 127 Å². The van der Waals surface area contributed by atoms with E-state index in [2.05, 4.69) is 42.5 Å². The van der Waals surface area contributed by atoms with E-state index in [4.69, 9.17) is 15.0 Å². The molecule has 1 unspecified atom stereocenters. The van der Waals surface area contributed by atoms with Crippen molar-refractivity contribution in [1.82, 2.24) is 15.0 Å². The molecule has 218 valence electrons. The number of fused-ring (bicyclic) bond motifs is 5. The van der Waals surface area contributed by atoms with E-state index >= 15 is 4.57 Å². The van der Waals surface area contributed by atoms with Crippen LogP contribution < -0.4 is 15.9 Å². The van der Waals surface area contributed by atoms with Crippen molar-refractivity contribution in [3.05, 3.63) is 146 Å². The van der Waals surface area contributed by atoms with Gasteiger partial charge >= 0.3 is 0 Å². The molecule has 0 fully saturated rings. The standard InChI is InChI=1S/C39H24N3OPS2/c43-44(28-16-8-3-9-17-28)31-22-27(39-41-37(25-12-4-1-5-13-25)40-38(42-39)26-14-6-2-7-15-26)20-21-34(31)46-36-24-35-30(23-32(36)44)29-18-10-11-19-33(29)45-35/h1-24H. The summed E-state index contributed by atoms with van der Waals surface area (Å²) in [5, 5.41) is 4.86. The Hall–Kier alpha value is -4.87. The number of hydrogen-bond acceptors (Lipinski definition) is 6. The maximum absolute atomic E-state index is 15.9. The highest BCUT2D eigenvalue weighted by Crippen LogP contribution is 2.54. The lowest BCUT2D eigenvalue weighted by molar-refractivity contribution is 0.592. The van der Waals surface area contributed by atoms with Crippen LogP contribution in [-0.2, 0) is 4.57 Å². The van der Waals surface area contributed by atoms with Crippen LogP contribution in [0.1, 0.15) is 0 Å². The second-order valence-corrected chi connectivity index (χ2v) is 16.0. The average molecular weight is 646 g/mol. The van der Waals surface area contributed by atoms with Crippen LogP contribution >= 0.6 is 30.2 Å². The fraction of sp³-hybridized carbons (Fsp3) is 0. The fourth-order valence-electron chi connectivity index (χ4n) is 6.16. The van der Waals surface area contributed by atoms with E-state index < -0.39 is 7.14 Å². The largest absolute Gasteiger partial charge is 0.309 e.